The highest BCUT2D eigenvalue weighted by atomic mass is 15.1. The molecule has 0 aliphatic rings. The van der Waals surface area contributed by atoms with Gasteiger partial charge in [-0.3, -0.25) is 0 Å². The Kier molecular flexibility index (Phi) is 4.93. The number of nitrogens with zero attached hydrogens (tertiary/aromatic N) is 2. The van der Waals surface area contributed by atoms with Crippen LogP contribution in [0, 0.1) is 17.2 Å². The molecule has 18 heavy (non-hydrogen) atoms. The van der Waals surface area contributed by atoms with Crippen molar-refractivity contribution in [2.75, 3.05) is 14.1 Å². The molecule has 0 bridgehead atoms. The second kappa shape index (κ2) is 6.02. The average Bonchev–Trinajstić information content (AvgIpc) is 2.36. The highest BCUT2D eigenvalue weighted by molar-refractivity contribution is 5.33. The van der Waals surface area contributed by atoms with E-state index in [1.165, 1.54) is 0 Å². The number of rotatable bonds is 5. The molecule has 0 fully saturated rings. The lowest BCUT2D eigenvalue weighted by Gasteiger charge is -2.35. The molecule has 0 saturated carbocycles. The van der Waals surface area contributed by atoms with Gasteiger partial charge in [0.05, 0.1) is 11.5 Å². The van der Waals surface area contributed by atoms with Gasteiger partial charge in [-0.15, -0.1) is 0 Å². The molecule has 1 aromatic rings. The molecule has 0 unspecified atom stereocenters. The summed E-state index contributed by atoms with van der Waals surface area (Å²) < 4.78 is 0. The molecule has 1 rings (SSSR count). The molecule has 0 amide bonds. The van der Waals surface area contributed by atoms with Crippen molar-refractivity contribution in [3.05, 3.63) is 35.9 Å². The Hall–Kier alpha value is -1.33. The SMILES string of the molecule is CC(C)[C@@](C#N)(C[C@H](C)N(C)C)c1ccccc1. The fourth-order valence-electron chi connectivity index (χ4n) is 2.31. The van der Waals surface area contributed by atoms with E-state index in [-0.39, 0.29) is 0 Å². The highest BCUT2D eigenvalue weighted by Crippen LogP contribution is 2.36. The Morgan fingerprint density at radius 2 is 1.72 bits per heavy atom. The van der Waals surface area contributed by atoms with Crippen LogP contribution in [-0.4, -0.2) is 25.0 Å². The van der Waals surface area contributed by atoms with E-state index in [4.69, 9.17) is 0 Å². The Morgan fingerprint density at radius 1 is 1.17 bits per heavy atom. The zero-order chi connectivity index (χ0) is 13.8. The van der Waals surface area contributed by atoms with E-state index in [1.54, 1.807) is 0 Å². The summed E-state index contributed by atoms with van der Waals surface area (Å²) in [6.45, 7) is 6.45. The van der Waals surface area contributed by atoms with Gasteiger partial charge in [-0.2, -0.15) is 5.26 Å². The summed E-state index contributed by atoms with van der Waals surface area (Å²) in [4.78, 5) is 2.18. The van der Waals surface area contributed by atoms with E-state index in [0.29, 0.717) is 12.0 Å². The third-order valence-corrected chi connectivity index (χ3v) is 3.97. The van der Waals surface area contributed by atoms with Gasteiger partial charge in [0.2, 0.25) is 0 Å². The van der Waals surface area contributed by atoms with E-state index in [0.717, 1.165) is 12.0 Å². The van der Waals surface area contributed by atoms with Gasteiger partial charge in [0, 0.05) is 6.04 Å². The average molecular weight is 244 g/mol. The predicted octanol–water partition coefficient (Wildman–Crippen LogP) is 3.44. The zero-order valence-corrected chi connectivity index (χ0v) is 12.1. The summed E-state index contributed by atoms with van der Waals surface area (Å²) in [5, 5.41) is 9.76. The molecule has 2 atom stereocenters. The largest absolute Gasteiger partial charge is 0.307 e. The molecule has 2 heteroatoms. The smallest absolute Gasteiger partial charge is 0.0859 e. The van der Waals surface area contributed by atoms with Gasteiger partial charge in [0.25, 0.3) is 0 Å². The lowest BCUT2D eigenvalue weighted by atomic mass is 9.69. The molecule has 2 nitrogen and oxygen atoms in total. The Morgan fingerprint density at radius 3 is 2.11 bits per heavy atom. The van der Waals surface area contributed by atoms with Crippen molar-refractivity contribution in [3.63, 3.8) is 0 Å². The quantitative estimate of drug-likeness (QED) is 0.793. The fourth-order valence-corrected chi connectivity index (χ4v) is 2.31. The first-order chi connectivity index (χ1) is 8.44. The topological polar surface area (TPSA) is 27.0 Å². The molecule has 0 aromatic heterocycles. The van der Waals surface area contributed by atoms with Crippen LogP contribution in [0.15, 0.2) is 30.3 Å². The van der Waals surface area contributed by atoms with E-state index >= 15 is 0 Å². The second-order valence-corrected chi connectivity index (χ2v) is 5.62. The molecule has 0 spiro atoms. The van der Waals surface area contributed by atoms with Crippen LogP contribution in [0.3, 0.4) is 0 Å². The third-order valence-electron chi connectivity index (χ3n) is 3.97. The van der Waals surface area contributed by atoms with Crippen molar-refractivity contribution in [2.24, 2.45) is 5.92 Å². The standard InChI is InChI=1S/C16H24N2/c1-13(2)16(12-17,11-14(3)18(4)5)15-9-7-6-8-10-15/h6-10,13-14H,11H2,1-5H3/t14-,16-/m0/s1. The van der Waals surface area contributed by atoms with Crippen LogP contribution in [0.25, 0.3) is 0 Å². The van der Waals surface area contributed by atoms with Crippen molar-refractivity contribution in [3.8, 4) is 6.07 Å². The molecule has 98 valence electrons. The Bertz CT molecular complexity index is 403. The van der Waals surface area contributed by atoms with Crippen molar-refractivity contribution >= 4 is 0 Å². The number of hydrogen-bond donors (Lipinski definition) is 0. The third kappa shape index (κ3) is 2.91. The molecule has 1 aromatic carbocycles. The molecular formula is C16H24N2. The van der Waals surface area contributed by atoms with Crippen LogP contribution in [-0.2, 0) is 5.41 Å². The molecular weight excluding hydrogens is 220 g/mol. The lowest BCUT2D eigenvalue weighted by Crippen LogP contribution is -2.38. The summed E-state index contributed by atoms with van der Waals surface area (Å²) >= 11 is 0. The summed E-state index contributed by atoms with van der Waals surface area (Å²) in [6.07, 6.45) is 0.859. The van der Waals surface area contributed by atoms with Gasteiger partial charge in [-0.1, -0.05) is 44.2 Å². The first-order valence-electron chi connectivity index (χ1n) is 6.57. The minimum atomic E-state index is -0.398. The van der Waals surface area contributed by atoms with Gasteiger partial charge in [0.1, 0.15) is 0 Å². The van der Waals surface area contributed by atoms with Crippen molar-refractivity contribution in [2.45, 2.75) is 38.6 Å². The number of hydrogen-bond acceptors (Lipinski definition) is 2. The van der Waals surface area contributed by atoms with Crippen LogP contribution in [0.2, 0.25) is 0 Å². The molecule has 0 N–H and O–H groups in total. The maximum Gasteiger partial charge on any atom is 0.0859 e. The summed E-state index contributed by atoms with van der Waals surface area (Å²) in [6, 6.07) is 13.2. The van der Waals surface area contributed by atoms with Gasteiger partial charge >= 0.3 is 0 Å². The van der Waals surface area contributed by atoms with E-state index in [9.17, 15) is 5.26 Å². The molecule has 0 radical (unpaired) electrons. The van der Waals surface area contributed by atoms with Crippen LogP contribution in [0.5, 0.6) is 0 Å². The summed E-state index contributed by atoms with van der Waals surface area (Å²) in [5.74, 6) is 0.298. The maximum absolute atomic E-state index is 9.76. The van der Waals surface area contributed by atoms with E-state index in [1.807, 2.05) is 18.2 Å². The monoisotopic (exact) mass is 244 g/mol. The Balaban J connectivity index is 3.16. The molecule has 0 aliphatic carbocycles. The molecule has 0 heterocycles. The molecule has 0 saturated heterocycles. The predicted molar refractivity (Wildman–Crippen MR) is 76.3 cm³/mol. The second-order valence-electron chi connectivity index (χ2n) is 5.62. The number of benzene rings is 1. The first-order valence-corrected chi connectivity index (χ1v) is 6.57. The van der Waals surface area contributed by atoms with Crippen molar-refractivity contribution in [1.82, 2.24) is 4.90 Å². The van der Waals surface area contributed by atoms with Gasteiger partial charge < -0.3 is 4.90 Å². The van der Waals surface area contributed by atoms with Gasteiger partial charge in [0.15, 0.2) is 0 Å². The fraction of sp³-hybridized carbons (Fsp3) is 0.562. The van der Waals surface area contributed by atoms with E-state index < -0.39 is 5.41 Å². The normalized spacial score (nSPS) is 16.3. The lowest BCUT2D eigenvalue weighted by molar-refractivity contribution is 0.233. The van der Waals surface area contributed by atoms with Crippen molar-refractivity contribution in [1.29, 1.82) is 5.26 Å². The highest BCUT2D eigenvalue weighted by Gasteiger charge is 2.37. The van der Waals surface area contributed by atoms with E-state index in [2.05, 4.69) is 58.0 Å². The maximum atomic E-state index is 9.76. The van der Waals surface area contributed by atoms with Crippen LogP contribution in [0.1, 0.15) is 32.8 Å². The summed E-state index contributed by atoms with van der Waals surface area (Å²) in [7, 11) is 4.14. The minimum Gasteiger partial charge on any atom is -0.307 e. The minimum absolute atomic E-state index is 0.298. The summed E-state index contributed by atoms with van der Waals surface area (Å²) in [5.41, 5.74) is 0.738. The molecule has 0 aliphatic heterocycles. The zero-order valence-electron chi connectivity index (χ0n) is 12.1. The van der Waals surface area contributed by atoms with Crippen LogP contribution in [0.4, 0.5) is 0 Å². The number of nitriles is 1. The van der Waals surface area contributed by atoms with Crippen molar-refractivity contribution < 1.29 is 0 Å². The van der Waals surface area contributed by atoms with Gasteiger partial charge in [-0.05, 0) is 38.9 Å². The first kappa shape index (κ1) is 14.7. The van der Waals surface area contributed by atoms with Crippen LogP contribution >= 0.6 is 0 Å². The Labute approximate surface area is 111 Å². The van der Waals surface area contributed by atoms with Gasteiger partial charge in [-0.25, -0.2) is 0 Å². The van der Waals surface area contributed by atoms with Crippen LogP contribution < -0.4 is 0 Å².